The summed E-state index contributed by atoms with van der Waals surface area (Å²) in [6, 6.07) is 9.67. The zero-order valence-corrected chi connectivity index (χ0v) is 17.3. The van der Waals surface area contributed by atoms with Gasteiger partial charge in [-0.15, -0.1) is 10.2 Å². The molecule has 1 aliphatic rings. The Kier molecular flexibility index (Phi) is 6.28. The molecule has 1 atom stereocenters. The summed E-state index contributed by atoms with van der Waals surface area (Å²) in [7, 11) is 0. The Balaban J connectivity index is 1.44. The Hall–Kier alpha value is -2.48. The fourth-order valence-electron chi connectivity index (χ4n) is 3.07. The molecule has 1 fully saturated rings. The Morgan fingerprint density at radius 3 is 2.71 bits per heavy atom. The Bertz CT molecular complexity index is 816. The van der Waals surface area contributed by atoms with Crippen molar-refractivity contribution < 1.29 is 14.3 Å². The zero-order chi connectivity index (χ0) is 20.1. The number of benzene rings is 1. The molecule has 1 aromatic heterocycles. The first-order valence-corrected chi connectivity index (χ1v) is 10.3. The van der Waals surface area contributed by atoms with Crippen LogP contribution in [0.2, 0.25) is 0 Å². The van der Waals surface area contributed by atoms with Crippen LogP contribution in [0.1, 0.15) is 38.6 Å². The second-order valence-corrected chi connectivity index (χ2v) is 8.89. The smallest absolute Gasteiger partial charge is 0.231 e. The lowest BCUT2D eigenvalue weighted by Gasteiger charge is -2.31. The van der Waals surface area contributed by atoms with Gasteiger partial charge in [0, 0.05) is 24.9 Å². The normalized spacial score (nSPS) is 17.0. The van der Waals surface area contributed by atoms with Crippen molar-refractivity contribution in [3.05, 3.63) is 35.3 Å². The van der Waals surface area contributed by atoms with Crippen LogP contribution in [0.5, 0.6) is 5.75 Å². The standard InChI is InChI=1S/C20H26N4O3S/c1-20(2,3)24-13-14(12-17(24)25)18(26)21-19-23-22-16(28-19)10-7-11-27-15-8-5-4-6-9-15/h4-6,8-9,14H,7,10-13H2,1-3H3,(H,21,23,26)/t14-/m1/s1. The number of carbonyl (C=O) groups excluding carboxylic acids is 2. The molecule has 28 heavy (non-hydrogen) atoms. The Morgan fingerprint density at radius 1 is 1.29 bits per heavy atom. The second-order valence-electron chi connectivity index (χ2n) is 7.83. The van der Waals surface area contributed by atoms with Crippen molar-refractivity contribution in [2.24, 2.45) is 5.92 Å². The van der Waals surface area contributed by atoms with Gasteiger partial charge in [-0.25, -0.2) is 0 Å². The molecule has 0 bridgehead atoms. The molecule has 0 aliphatic carbocycles. The summed E-state index contributed by atoms with van der Waals surface area (Å²) in [5, 5.41) is 12.3. The van der Waals surface area contributed by atoms with Crippen molar-refractivity contribution >= 4 is 28.3 Å². The summed E-state index contributed by atoms with van der Waals surface area (Å²) in [5.41, 5.74) is -0.274. The molecular formula is C20H26N4O3S. The topological polar surface area (TPSA) is 84.4 Å². The van der Waals surface area contributed by atoms with Gasteiger partial charge < -0.3 is 15.0 Å². The first-order valence-electron chi connectivity index (χ1n) is 9.44. The molecule has 0 saturated carbocycles. The summed E-state index contributed by atoms with van der Waals surface area (Å²) >= 11 is 1.37. The molecule has 1 saturated heterocycles. The molecule has 0 unspecified atom stereocenters. The van der Waals surface area contributed by atoms with E-state index in [1.165, 1.54) is 11.3 Å². The molecule has 7 nitrogen and oxygen atoms in total. The van der Waals surface area contributed by atoms with E-state index in [1.54, 1.807) is 4.90 Å². The zero-order valence-electron chi connectivity index (χ0n) is 16.5. The van der Waals surface area contributed by atoms with Gasteiger partial charge in [-0.1, -0.05) is 29.5 Å². The van der Waals surface area contributed by atoms with Gasteiger partial charge >= 0.3 is 0 Å². The third-order valence-electron chi connectivity index (χ3n) is 4.55. The molecule has 2 heterocycles. The summed E-state index contributed by atoms with van der Waals surface area (Å²) in [4.78, 5) is 26.4. The molecule has 1 aromatic carbocycles. The lowest BCUT2D eigenvalue weighted by Crippen LogP contribution is -2.42. The van der Waals surface area contributed by atoms with Crippen molar-refractivity contribution in [2.45, 2.75) is 45.6 Å². The number of para-hydroxylation sites is 1. The average Bonchev–Trinajstić information content (AvgIpc) is 3.26. The maximum Gasteiger partial charge on any atom is 0.231 e. The number of amides is 2. The fourth-order valence-corrected chi connectivity index (χ4v) is 3.86. The summed E-state index contributed by atoms with van der Waals surface area (Å²) in [6.07, 6.45) is 1.79. The SMILES string of the molecule is CC(C)(C)N1C[C@H](C(=O)Nc2nnc(CCCOc3ccccc3)s2)CC1=O. The minimum atomic E-state index is -0.349. The van der Waals surface area contributed by atoms with Crippen LogP contribution in [-0.4, -0.2) is 45.6 Å². The van der Waals surface area contributed by atoms with Crippen molar-refractivity contribution in [3.63, 3.8) is 0 Å². The summed E-state index contributed by atoms with van der Waals surface area (Å²) in [5.74, 6) is 0.348. The van der Waals surface area contributed by atoms with E-state index in [4.69, 9.17) is 4.74 Å². The third kappa shape index (κ3) is 5.28. The van der Waals surface area contributed by atoms with E-state index in [-0.39, 0.29) is 29.7 Å². The van der Waals surface area contributed by atoms with E-state index in [2.05, 4.69) is 15.5 Å². The van der Waals surface area contributed by atoms with Crippen LogP contribution >= 0.6 is 11.3 Å². The van der Waals surface area contributed by atoms with Crippen molar-refractivity contribution in [1.29, 1.82) is 0 Å². The monoisotopic (exact) mass is 402 g/mol. The van der Waals surface area contributed by atoms with Crippen LogP contribution < -0.4 is 10.1 Å². The van der Waals surface area contributed by atoms with Gasteiger partial charge in [-0.3, -0.25) is 9.59 Å². The Labute approximate surface area is 169 Å². The van der Waals surface area contributed by atoms with Gasteiger partial charge in [0.05, 0.1) is 12.5 Å². The summed E-state index contributed by atoms with van der Waals surface area (Å²) in [6.45, 7) is 6.96. The molecule has 1 N–H and O–H groups in total. The highest BCUT2D eigenvalue weighted by Gasteiger charge is 2.39. The van der Waals surface area contributed by atoms with Crippen LogP contribution in [0.4, 0.5) is 5.13 Å². The van der Waals surface area contributed by atoms with Crippen LogP contribution in [0.15, 0.2) is 30.3 Å². The van der Waals surface area contributed by atoms with Gasteiger partial charge in [-0.2, -0.15) is 0 Å². The minimum Gasteiger partial charge on any atom is -0.494 e. The van der Waals surface area contributed by atoms with E-state index in [9.17, 15) is 9.59 Å². The fraction of sp³-hybridized carbons (Fsp3) is 0.500. The molecule has 2 aromatic rings. The van der Waals surface area contributed by atoms with Gasteiger partial charge in [-0.05, 0) is 39.3 Å². The van der Waals surface area contributed by atoms with Gasteiger partial charge in [0.1, 0.15) is 10.8 Å². The number of ether oxygens (including phenoxy) is 1. The van der Waals surface area contributed by atoms with Crippen molar-refractivity contribution in [2.75, 3.05) is 18.5 Å². The van der Waals surface area contributed by atoms with E-state index in [0.29, 0.717) is 18.3 Å². The molecule has 150 valence electrons. The minimum absolute atomic E-state index is 0.0176. The van der Waals surface area contributed by atoms with Crippen LogP contribution in [0.3, 0.4) is 0 Å². The Morgan fingerprint density at radius 2 is 2.04 bits per heavy atom. The van der Waals surface area contributed by atoms with Crippen LogP contribution in [-0.2, 0) is 16.0 Å². The number of nitrogens with zero attached hydrogens (tertiary/aromatic N) is 3. The highest BCUT2D eigenvalue weighted by molar-refractivity contribution is 7.15. The number of rotatable bonds is 7. The van der Waals surface area contributed by atoms with E-state index < -0.39 is 0 Å². The third-order valence-corrected chi connectivity index (χ3v) is 5.45. The van der Waals surface area contributed by atoms with Crippen molar-refractivity contribution in [3.8, 4) is 5.75 Å². The number of nitrogens with one attached hydrogen (secondary N) is 1. The van der Waals surface area contributed by atoms with Crippen molar-refractivity contribution in [1.82, 2.24) is 15.1 Å². The number of aromatic nitrogens is 2. The highest BCUT2D eigenvalue weighted by Crippen LogP contribution is 2.27. The number of hydrogen-bond acceptors (Lipinski definition) is 6. The number of aryl methyl sites for hydroxylation is 1. The highest BCUT2D eigenvalue weighted by atomic mass is 32.1. The molecule has 2 amide bonds. The van der Waals surface area contributed by atoms with E-state index in [0.717, 1.165) is 23.6 Å². The largest absolute Gasteiger partial charge is 0.494 e. The maximum absolute atomic E-state index is 12.5. The quantitative estimate of drug-likeness (QED) is 0.719. The first-order chi connectivity index (χ1) is 13.3. The number of anilines is 1. The average molecular weight is 403 g/mol. The summed E-state index contributed by atoms with van der Waals surface area (Å²) < 4.78 is 5.66. The van der Waals surface area contributed by atoms with Crippen LogP contribution in [0.25, 0.3) is 0 Å². The lowest BCUT2D eigenvalue weighted by molar-refractivity contribution is -0.131. The first kappa shape index (κ1) is 20.3. The second kappa shape index (κ2) is 8.68. The van der Waals surface area contributed by atoms with E-state index in [1.807, 2.05) is 51.1 Å². The van der Waals surface area contributed by atoms with Gasteiger partial charge in [0.2, 0.25) is 16.9 Å². The number of carbonyl (C=O) groups is 2. The number of hydrogen-bond donors (Lipinski definition) is 1. The number of likely N-dealkylation sites (tertiary alicyclic amines) is 1. The molecule has 0 radical (unpaired) electrons. The molecule has 0 spiro atoms. The molecule has 3 rings (SSSR count). The molecule has 1 aliphatic heterocycles. The lowest BCUT2D eigenvalue weighted by atomic mass is 10.1. The predicted octanol–water partition coefficient (Wildman–Crippen LogP) is 3.14. The molecule has 8 heteroatoms. The predicted molar refractivity (Wildman–Crippen MR) is 108 cm³/mol. The molecular weight excluding hydrogens is 376 g/mol. The maximum atomic E-state index is 12.5. The van der Waals surface area contributed by atoms with E-state index >= 15 is 0 Å². The van der Waals surface area contributed by atoms with Gasteiger partial charge in [0.25, 0.3) is 0 Å². The van der Waals surface area contributed by atoms with Gasteiger partial charge in [0.15, 0.2) is 0 Å². The van der Waals surface area contributed by atoms with Crippen LogP contribution in [0, 0.1) is 5.92 Å².